The molecule has 0 N–H and O–H groups in total. The van der Waals surface area contributed by atoms with Crippen molar-refractivity contribution in [2.24, 2.45) is 7.05 Å². The zero-order valence-electron chi connectivity index (χ0n) is 6.87. The molecule has 0 aromatic carbocycles. The Kier molecular flexibility index (Phi) is 1.65. The highest BCUT2D eigenvalue weighted by Crippen LogP contribution is 2.22. The average Bonchev–Trinajstić information content (AvgIpc) is 2.32. The molecule has 4 heteroatoms. The molecular formula is C8H8BrN3. The van der Waals surface area contributed by atoms with Crippen molar-refractivity contribution in [3.8, 4) is 0 Å². The van der Waals surface area contributed by atoms with Crippen molar-refractivity contribution < 1.29 is 0 Å². The normalized spacial score (nSPS) is 10.9. The van der Waals surface area contributed by atoms with E-state index in [1.807, 2.05) is 24.7 Å². The number of nitrogens with zero attached hydrogens (tertiary/aromatic N) is 3. The topological polar surface area (TPSA) is 30.7 Å². The lowest BCUT2D eigenvalue weighted by atomic mass is 10.3. The van der Waals surface area contributed by atoms with Crippen LogP contribution in [0.5, 0.6) is 0 Å². The first-order valence-electron chi connectivity index (χ1n) is 3.64. The van der Waals surface area contributed by atoms with Crippen molar-refractivity contribution in [2.75, 3.05) is 0 Å². The lowest BCUT2D eigenvalue weighted by molar-refractivity contribution is 0.750. The Morgan fingerprint density at radius 3 is 2.92 bits per heavy atom. The summed E-state index contributed by atoms with van der Waals surface area (Å²) in [5.74, 6) is 0. The number of aromatic nitrogens is 3. The van der Waals surface area contributed by atoms with Gasteiger partial charge in [0.15, 0.2) is 0 Å². The Morgan fingerprint density at radius 2 is 2.25 bits per heavy atom. The molecule has 0 aliphatic carbocycles. The van der Waals surface area contributed by atoms with Crippen LogP contribution in [0.2, 0.25) is 0 Å². The van der Waals surface area contributed by atoms with Gasteiger partial charge in [0.05, 0.1) is 0 Å². The van der Waals surface area contributed by atoms with Crippen molar-refractivity contribution in [2.45, 2.75) is 6.92 Å². The largest absolute Gasteiger partial charge is 0.272 e. The van der Waals surface area contributed by atoms with Crippen LogP contribution in [0.4, 0.5) is 0 Å². The van der Waals surface area contributed by atoms with Gasteiger partial charge >= 0.3 is 0 Å². The Labute approximate surface area is 78.5 Å². The van der Waals surface area contributed by atoms with E-state index >= 15 is 0 Å². The quantitative estimate of drug-likeness (QED) is 0.643. The summed E-state index contributed by atoms with van der Waals surface area (Å²) in [5, 5.41) is 5.47. The van der Waals surface area contributed by atoms with E-state index in [9.17, 15) is 0 Å². The highest BCUT2D eigenvalue weighted by molar-refractivity contribution is 9.10. The molecule has 0 bridgehead atoms. The van der Waals surface area contributed by atoms with Crippen LogP contribution in [-0.4, -0.2) is 14.8 Å². The van der Waals surface area contributed by atoms with Gasteiger partial charge in [-0.15, -0.1) is 0 Å². The molecule has 2 heterocycles. The van der Waals surface area contributed by atoms with Gasteiger partial charge in [-0.3, -0.25) is 4.68 Å². The van der Waals surface area contributed by atoms with Gasteiger partial charge in [-0.1, -0.05) is 0 Å². The highest BCUT2D eigenvalue weighted by atomic mass is 79.9. The van der Waals surface area contributed by atoms with Crippen molar-refractivity contribution in [3.05, 3.63) is 22.6 Å². The molecule has 62 valence electrons. The van der Waals surface area contributed by atoms with Crippen LogP contribution in [0.1, 0.15) is 5.69 Å². The zero-order chi connectivity index (χ0) is 8.72. The van der Waals surface area contributed by atoms with E-state index in [2.05, 4.69) is 26.0 Å². The molecule has 0 saturated heterocycles. The molecule has 0 amide bonds. The van der Waals surface area contributed by atoms with Gasteiger partial charge in [-0.05, 0) is 28.9 Å². The van der Waals surface area contributed by atoms with Gasteiger partial charge in [-0.25, -0.2) is 4.98 Å². The fourth-order valence-electron chi connectivity index (χ4n) is 1.21. The number of pyridine rings is 1. The molecule has 0 spiro atoms. The molecule has 3 nitrogen and oxygen atoms in total. The van der Waals surface area contributed by atoms with Gasteiger partial charge in [0.2, 0.25) is 0 Å². The number of halogens is 1. The van der Waals surface area contributed by atoms with E-state index in [0.29, 0.717) is 0 Å². The number of fused-ring (bicyclic) bond motifs is 1. The van der Waals surface area contributed by atoms with E-state index in [1.165, 1.54) is 0 Å². The van der Waals surface area contributed by atoms with Crippen molar-refractivity contribution >= 4 is 26.8 Å². The van der Waals surface area contributed by atoms with Crippen LogP contribution in [-0.2, 0) is 7.05 Å². The monoisotopic (exact) mass is 225 g/mol. The zero-order valence-corrected chi connectivity index (χ0v) is 8.46. The van der Waals surface area contributed by atoms with Crippen LogP contribution in [0.25, 0.3) is 10.9 Å². The van der Waals surface area contributed by atoms with Gasteiger partial charge in [0.1, 0.15) is 10.1 Å². The molecule has 0 atom stereocenters. The summed E-state index contributed by atoms with van der Waals surface area (Å²) >= 11 is 3.36. The molecule has 0 aliphatic rings. The average molecular weight is 226 g/mol. The summed E-state index contributed by atoms with van der Waals surface area (Å²) in [6.45, 7) is 2.04. The highest BCUT2D eigenvalue weighted by Gasteiger charge is 2.06. The lowest BCUT2D eigenvalue weighted by Crippen LogP contribution is -1.91. The van der Waals surface area contributed by atoms with Crippen molar-refractivity contribution in [3.63, 3.8) is 0 Å². The predicted octanol–water partition coefficient (Wildman–Crippen LogP) is 2.04. The smallest absolute Gasteiger partial charge is 0.134 e. The van der Waals surface area contributed by atoms with Crippen LogP contribution in [0.15, 0.2) is 16.9 Å². The summed E-state index contributed by atoms with van der Waals surface area (Å²) in [6, 6.07) is 1.97. The molecule has 2 rings (SSSR count). The van der Waals surface area contributed by atoms with E-state index in [4.69, 9.17) is 0 Å². The maximum absolute atomic E-state index is 4.32. The Balaban J connectivity index is 2.95. The second kappa shape index (κ2) is 2.55. The molecule has 0 radical (unpaired) electrons. The third-order valence-electron chi connectivity index (χ3n) is 2.00. The minimum atomic E-state index is 0.809. The fraction of sp³-hybridized carbons (Fsp3) is 0.250. The summed E-state index contributed by atoms with van der Waals surface area (Å²) < 4.78 is 2.67. The maximum atomic E-state index is 4.32. The Hall–Kier alpha value is -0.900. The lowest BCUT2D eigenvalue weighted by Gasteiger charge is -1.90. The number of hydrogen-bond acceptors (Lipinski definition) is 2. The third-order valence-corrected chi connectivity index (χ3v) is 2.59. The second-order valence-corrected chi connectivity index (χ2v) is 3.46. The van der Waals surface area contributed by atoms with Gasteiger partial charge in [-0.2, -0.15) is 5.10 Å². The van der Waals surface area contributed by atoms with Gasteiger partial charge in [0.25, 0.3) is 0 Å². The molecule has 0 saturated carbocycles. The van der Waals surface area contributed by atoms with Crippen LogP contribution in [0.3, 0.4) is 0 Å². The molecule has 0 unspecified atom stereocenters. The van der Waals surface area contributed by atoms with E-state index in [0.717, 1.165) is 21.2 Å². The Morgan fingerprint density at radius 1 is 1.50 bits per heavy atom. The van der Waals surface area contributed by atoms with E-state index < -0.39 is 0 Å². The van der Waals surface area contributed by atoms with E-state index in [-0.39, 0.29) is 0 Å². The summed E-state index contributed by atoms with van der Waals surface area (Å²) in [4.78, 5) is 4.10. The molecule has 2 aromatic heterocycles. The summed E-state index contributed by atoms with van der Waals surface area (Å²) in [6.07, 6.45) is 1.78. The number of rotatable bonds is 0. The van der Waals surface area contributed by atoms with E-state index in [1.54, 1.807) is 6.20 Å². The van der Waals surface area contributed by atoms with Crippen molar-refractivity contribution in [1.82, 2.24) is 14.8 Å². The maximum Gasteiger partial charge on any atom is 0.134 e. The van der Waals surface area contributed by atoms with Crippen molar-refractivity contribution in [1.29, 1.82) is 0 Å². The van der Waals surface area contributed by atoms with Crippen LogP contribution < -0.4 is 0 Å². The SMILES string of the molecule is Cc1c2ccnc(Br)c2nn1C. The number of hydrogen-bond donors (Lipinski definition) is 0. The first-order chi connectivity index (χ1) is 5.70. The first-order valence-corrected chi connectivity index (χ1v) is 4.43. The van der Waals surface area contributed by atoms with Crippen LogP contribution in [0, 0.1) is 6.92 Å². The van der Waals surface area contributed by atoms with Gasteiger partial charge in [0, 0.05) is 24.3 Å². The van der Waals surface area contributed by atoms with Gasteiger partial charge < -0.3 is 0 Å². The summed E-state index contributed by atoms with van der Waals surface area (Å²) in [5.41, 5.74) is 2.09. The minimum Gasteiger partial charge on any atom is -0.272 e. The fourth-order valence-corrected chi connectivity index (χ4v) is 1.63. The standard InChI is InChI=1S/C8H8BrN3/c1-5-6-3-4-10-8(9)7(6)11-12(5)2/h3-4H,1-2H3. The molecule has 0 aliphatic heterocycles. The number of aryl methyl sites for hydroxylation is 2. The molecule has 12 heavy (non-hydrogen) atoms. The summed E-state index contributed by atoms with van der Waals surface area (Å²) in [7, 11) is 1.93. The molecule has 2 aromatic rings. The first kappa shape index (κ1) is 7.73. The third kappa shape index (κ3) is 0.948. The second-order valence-electron chi connectivity index (χ2n) is 2.71. The Bertz CT molecular complexity index is 433. The molecule has 0 fully saturated rings. The van der Waals surface area contributed by atoms with Crippen LogP contribution >= 0.6 is 15.9 Å². The minimum absolute atomic E-state index is 0.809. The predicted molar refractivity (Wildman–Crippen MR) is 50.9 cm³/mol. The molecular weight excluding hydrogens is 218 g/mol.